The van der Waals surface area contributed by atoms with Crippen LogP contribution < -0.4 is 9.47 Å². The summed E-state index contributed by atoms with van der Waals surface area (Å²) in [5, 5.41) is 8.77. The third kappa shape index (κ3) is 1.94. The summed E-state index contributed by atoms with van der Waals surface area (Å²) in [5.74, 6) is 0.340. The highest BCUT2D eigenvalue weighted by Gasteiger charge is 2.19. The van der Waals surface area contributed by atoms with Crippen LogP contribution in [0.25, 0.3) is 0 Å². The molecule has 16 heavy (non-hydrogen) atoms. The van der Waals surface area contributed by atoms with Crippen molar-refractivity contribution in [2.24, 2.45) is 0 Å². The van der Waals surface area contributed by atoms with Gasteiger partial charge in [0.15, 0.2) is 6.79 Å². The van der Waals surface area contributed by atoms with E-state index in [0.717, 1.165) is 5.56 Å². The molecular formula is C11H12O5. The molecule has 5 heteroatoms. The summed E-state index contributed by atoms with van der Waals surface area (Å²) in [6, 6.07) is 3.45. The third-order valence-corrected chi connectivity index (χ3v) is 2.39. The van der Waals surface area contributed by atoms with Gasteiger partial charge in [-0.2, -0.15) is 0 Å². The second kappa shape index (κ2) is 4.40. The first kappa shape index (κ1) is 10.8. The van der Waals surface area contributed by atoms with Gasteiger partial charge in [0.05, 0.1) is 25.7 Å². The molecule has 1 N–H and O–H groups in total. The van der Waals surface area contributed by atoms with Gasteiger partial charge in [-0.05, 0) is 6.07 Å². The lowest BCUT2D eigenvalue weighted by Gasteiger charge is -2.21. The molecule has 0 unspecified atom stereocenters. The summed E-state index contributed by atoms with van der Waals surface area (Å²) >= 11 is 0. The highest BCUT2D eigenvalue weighted by atomic mass is 16.7. The van der Waals surface area contributed by atoms with E-state index in [-0.39, 0.29) is 13.2 Å². The van der Waals surface area contributed by atoms with Gasteiger partial charge < -0.3 is 19.3 Å². The fraction of sp³-hybridized carbons (Fsp3) is 0.364. The SMILES string of the molecule is COc1c(CC(=O)O)ccc2c1COCO2. The Morgan fingerprint density at radius 3 is 3.06 bits per heavy atom. The van der Waals surface area contributed by atoms with E-state index in [1.165, 1.54) is 7.11 Å². The quantitative estimate of drug-likeness (QED) is 0.835. The number of methoxy groups -OCH3 is 1. The van der Waals surface area contributed by atoms with Crippen LogP contribution in [-0.4, -0.2) is 25.0 Å². The van der Waals surface area contributed by atoms with Crippen molar-refractivity contribution in [2.45, 2.75) is 13.0 Å². The first-order valence-corrected chi connectivity index (χ1v) is 4.83. The Kier molecular flexibility index (Phi) is 2.96. The second-order valence-electron chi connectivity index (χ2n) is 3.42. The number of carboxylic acid groups (broad SMARTS) is 1. The molecule has 5 nitrogen and oxygen atoms in total. The first-order chi connectivity index (χ1) is 7.72. The van der Waals surface area contributed by atoms with Gasteiger partial charge in [-0.15, -0.1) is 0 Å². The minimum absolute atomic E-state index is 0.0730. The van der Waals surface area contributed by atoms with Gasteiger partial charge in [0.25, 0.3) is 0 Å². The molecule has 1 aliphatic rings. The number of carboxylic acids is 1. The molecule has 86 valence electrons. The van der Waals surface area contributed by atoms with Gasteiger partial charge in [-0.25, -0.2) is 0 Å². The van der Waals surface area contributed by atoms with Crippen LogP contribution in [0.1, 0.15) is 11.1 Å². The zero-order valence-electron chi connectivity index (χ0n) is 8.86. The average molecular weight is 224 g/mol. The van der Waals surface area contributed by atoms with E-state index in [9.17, 15) is 4.79 Å². The van der Waals surface area contributed by atoms with Crippen LogP contribution in [0.15, 0.2) is 12.1 Å². The van der Waals surface area contributed by atoms with Crippen LogP contribution in [0.3, 0.4) is 0 Å². The number of hydrogen-bond acceptors (Lipinski definition) is 4. The first-order valence-electron chi connectivity index (χ1n) is 4.83. The monoisotopic (exact) mass is 224 g/mol. The van der Waals surface area contributed by atoms with Gasteiger partial charge in [-0.3, -0.25) is 4.79 Å². The van der Waals surface area contributed by atoms with E-state index in [1.807, 2.05) is 0 Å². The Labute approximate surface area is 92.5 Å². The number of fused-ring (bicyclic) bond motifs is 1. The Bertz CT molecular complexity index is 413. The summed E-state index contributed by atoms with van der Waals surface area (Å²) < 4.78 is 15.6. The predicted molar refractivity (Wildman–Crippen MR) is 54.6 cm³/mol. The lowest BCUT2D eigenvalue weighted by Crippen LogP contribution is -2.14. The van der Waals surface area contributed by atoms with E-state index >= 15 is 0 Å². The van der Waals surface area contributed by atoms with Gasteiger partial charge in [0.1, 0.15) is 11.5 Å². The molecule has 0 amide bonds. The number of rotatable bonds is 3. The Morgan fingerprint density at radius 1 is 1.56 bits per heavy atom. The lowest BCUT2D eigenvalue weighted by atomic mass is 10.0. The maximum Gasteiger partial charge on any atom is 0.307 e. The van der Waals surface area contributed by atoms with Crippen molar-refractivity contribution in [3.05, 3.63) is 23.3 Å². The maximum atomic E-state index is 10.7. The van der Waals surface area contributed by atoms with Crippen molar-refractivity contribution in [1.29, 1.82) is 0 Å². The number of aliphatic carboxylic acids is 1. The zero-order chi connectivity index (χ0) is 11.5. The molecule has 0 bridgehead atoms. The highest BCUT2D eigenvalue weighted by molar-refractivity contribution is 5.72. The van der Waals surface area contributed by atoms with Crippen LogP contribution in [0, 0.1) is 0 Å². The third-order valence-electron chi connectivity index (χ3n) is 2.39. The molecule has 0 fully saturated rings. The van der Waals surface area contributed by atoms with Gasteiger partial charge in [0.2, 0.25) is 0 Å². The molecule has 2 rings (SSSR count). The number of benzene rings is 1. The highest BCUT2D eigenvalue weighted by Crippen LogP contribution is 2.35. The molecule has 0 saturated carbocycles. The summed E-state index contributed by atoms with van der Waals surface area (Å²) in [6.07, 6.45) is -0.0730. The summed E-state index contributed by atoms with van der Waals surface area (Å²) in [4.78, 5) is 10.7. The normalized spacial score (nSPS) is 13.8. The molecular weight excluding hydrogens is 212 g/mol. The van der Waals surface area contributed by atoms with Gasteiger partial charge in [-0.1, -0.05) is 6.07 Å². The van der Waals surface area contributed by atoms with Crippen molar-refractivity contribution in [3.8, 4) is 11.5 Å². The Hall–Kier alpha value is -1.75. The predicted octanol–water partition coefficient (Wildman–Crippen LogP) is 1.19. The van der Waals surface area contributed by atoms with Crippen LogP contribution >= 0.6 is 0 Å². The Morgan fingerprint density at radius 2 is 2.38 bits per heavy atom. The van der Waals surface area contributed by atoms with Gasteiger partial charge >= 0.3 is 5.97 Å². The molecule has 1 aromatic carbocycles. The maximum absolute atomic E-state index is 10.7. The minimum Gasteiger partial charge on any atom is -0.496 e. The summed E-state index contributed by atoms with van der Waals surface area (Å²) in [5.41, 5.74) is 1.40. The van der Waals surface area contributed by atoms with Crippen LogP contribution in [0.4, 0.5) is 0 Å². The van der Waals surface area contributed by atoms with Crippen molar-refractivity contribution in [2.75, 3.05) is 13.9 Å². The van der Waals surface area contributed by atoms with E-state index in [1.54, 1.807) is 12.1 Å². The average Bonchev–Trinajstić information content (AvgIpc) is 2.28. The molecule has 0 aromatic heterocycles. The molecule has 1 aliphatic heterocycles. The fourth-order valence-electron chi connectivity index (χ4n) is 1.74. The van der Waals surface area contributed by atoms with E-state index in [4.69, 9.17) is 19.3 Å². The molecule has 0 atom stereocenters. The van der Waals surface area contributed by atoms with E-state index < -0.39 is 5.97 Å². The Balaban J connectivity index is 2.43. The molecule has 1 aromatic rings. The van der Waals surface area contributed by atoms with Crippen LogP contribution in [-0.2, 0) is 22.6 Å². The molecule has 1 heterocycles. The van der Waals surface area contributed by atoms with E-state index in [2.05, 4.69) is 0 Å². The number of ether oxygens (including phenoxy) is 3. The number of carbonyl (C=O) groups is 1. The van der Waals surface area contributed by atoms with Crippen molar-refractivity contribution in [3.63, 3.8) is 0 Å². The van der Waals surface area contributed by atoms with Crippen LogP contribution in [0.2, 0.25) is 0 Å². The molecule has 0 saturated heterocycles. The van der Waals surface area contributed by atoms with Crippen molar-refractivity contribution >= 4 is 5.97 Å². The zero-order valence-corrected chi connectivity index (χ0v) is 8.86. The largest absolute Gasteiger partial charge is 0.496 e. The fourth-order valence-corrected chi connectivity index (χ4v) is 1.74. The molecule has 0 aliphatic carbocycles. The van der Waals surface area contributed by atoms with Gasteiger partial charge in [0, 0.05) is 5.56 Å². The lowest BCUT2D eigenvalue weighted by molar-refractivity contribution is -0.136. The summed E-state index contributed by atoms with van der Waals surface area (Å²) in [7, 11) is 1.51. The summed E-state index contributed by atoms with van der Waals surface area (Å²) in [6.45, 7) is 0.598. The molecule has 0 spiro atoms. The van der Waals surface area contributed by atoms with Crippen molar-refractivity contribution in [1.82, 2.24) is 0 Å². The van der Waals surface area contributed by atoms with Crippen molar-refractivity contribution < 1.29 is 24.1 Å². The van der Waals surface area contributed by atoms with Crippen LogP contribution in [0.5, 0.6) is 11.5 Å². The van der Waals surface area contributed by atoms with E-state index in [0.29, 0.717) is 23.7 Å². The minimum atomic E-state index is -0.893. The molecule has 0 radical (unpaired) electrons. The topological polar surface area (TPSA) is 65.0 Å². The standard InChI is InChI=1S/C11H12O5/c1-14-11-7(4-10(12)13)2-3-9-8(11)5-15-6-16-9/h2-3H,4-6H2,1H3,(H,12,13). The second-order valence-corrected chi connectivity index (χ2v) is 3.42. The smallest absolute Gasteiger partial charge is 0.307 e. The number of hydrogen-bond donors (Lipinski definition) is 1.